The first-order valence-corrected chi connectivity index (χ1v) is 7.46. The molecule has 0 aliphatic heterocycles. The smallest absolute Gasteiger partial charge is 0.163 e. The highest BCUT2D eigenvalue weighted by atomic mass is 16.1. The quantitative estimate of drug-likeness (QED) is 0.698. The summed E-state index contributed by atoms with van der Waals surface area (Å²) in [7, 11) is 0. The van der Waals surface area contributed by atoms with Crippen molar-refractivity contribution >= 4 is 5.78 Å². The van der Waals surface area contributed by atoms with Gasteiger partial charge in [-0.2, -0.15) is 0 Å². The van der Waals surface area contributed by atoms with Gasteiger partial charge in [0.15, 0.2) is 5.78 Å². The molecule has 0 amide bonds. The molecular formula is C17H22O. The molecule has 0 heterocycles. The van der Waals surface area contributed by atoms with Gasteiger partial charge in [0.25, 0.3) is 0 Å². The summed E-state index contributed by atoms with van der Waals surface area (Å²) >= 11 is 0. The maximum Gasteiger partial charge on any atom is 0.163 e. The summed E-state index contributed by atoms with van der Waals surface area (Å²) in [5.41, 5.74) is 2.34. The lowest BCUT2D eigenvalue weighted by Crippen LogP contribution is -2.12. The minimum atomic E-state index is 0.351. The van der Waals surface area contributed by atoms with Crippen LogP contribution in [0.1, 0.15) is 73.2 Å². The molecule has 2 fully saturated rings. The lowest BCUT2D eigenvalue weighted by Gasteiger charge is -2.20. The SMILES string of the molecule is O=C(CC1CCCCC1)c1ccc(C2CC2)cc1. The van der Waals surface area contributed by atoms with E-state index in [0.717, 1.165) is 17.9 Å². The van der Waals surface area contributed by atoms with Crippen LogP contribution in [-0.2, 0) is 0 Å². The average Bonchev–Trinajstić information content (AvgIpc) is 3.24. The van der Waals surface area contributed by atoms with Gasteiger partial charge < -0.3 is 0 Å². The fourth-order valence-electron chi connectivity index (χ4n) is 3.13. The summed E-state index contributed by atoms with van der Waals surface area (Å²) in [4.78, 5) is 12.2. The normalized spacial score (nSPS) is 20.9. The van der Waals surface area contributed by atoms with Gasteiger partial charge in [-0.3, -0.25) is 4.79 Å². The van der Waals surface area contributed by atoms with Gasteiger partial charge in [0.2, 0.25) is 0 Å². The molecule has 0 aromatic heterocycles. The van der Waals surface area contributed by atoms with Crippen LogP contribution in [0.2, 0.25) is 0 Å². The van der Waals surface area contributed by atoms with Crippen molar-refractivity contribution in [3.63, 3.8) is 0 Å². The maximum absolute atomic E-state index is 12.2. The Morgan fingerprint density at radius 2 is 1.61 bits per heavy atom. The molecule has 18 heavy (non-hydrogen) atoms. The van der Waals surface area contributed by atoms with Crippen molar-refractivity contribution < 1.29 is 4.79 Å². The van der Waals surface area contributed by atoms with Crippen LogP contribution in [0, 0.1) is 5.92 Å². The second kappa shape index (κ2) is 5.26. The Morgan fingerprint density at radius 3 is 2.22 bits per heavy atom. The zero-order chi connectivity index (χ0) is 12.4. The molecule has 1 heteroatoms. The van der Waals surface area contributed by atoms with E-state index < -0.39 is 0 Å². The summed E-state index contributed by atoms with van der Waals surface area (Å²) in [5, 5.41) is 0. The Bertz CT molecular complexity index is 408. The van der Waals surface area contributed by atoms with Crippen molar-refractivity contribution in [2.75, 3.05) is 0 Å². The number of carbonyl (C=O) groups is 1. The lowest BCUT2D eigenvalue weighted by molar-refractivity contribution is 0.0950. The zero-order valence-electron chi connectivity index (χ0n) is 11.0. The number of carbonyl (C=O) groups excluding carboxylic acids is 1. The van der Waals surface area contributed by atoms with Gasteiger partial charge >= 0.3 is 0 Å². The number of ketones is 1. The van der Waals surface area contributed by atoms with Crippen LogP contribution in [0.5, 0.6) is 0 Å². The predicted molar refractivity (Wildman–Crippen MR) is 73.9 cm³/mol. The van der Waals surface area contributed by atoms with Crippen LogP contribution in [0.4, 0.5) is 0 Å². The van der Waals surface area contributed by atoms with Gasteiger partial charge in [-0.1, -0.05) is 56.4 Å². The van der Waals surface area contributed by atoms with Crippen molar-refractivity contribution in [3.05, 3.63) is 35.4 Å². The van der Waals surface area contributed by atoms with Crippen LogP contribution in [0.25, 0.3) is 0 Å². The van der Waals surface area contributed by atoms with Crippen molar-refractivity contribution in [1.82, 2.24) is 0 Å². The Kier molecular flexibility index (Phi) is 3.49. The minimum absolute atomic E-state index is 0.351. The molecule has 0 atom stereocenters. The molecule has 96 valence electrons. The molecule has 0 N–H and O–H groups in total. The topological polar surface area (TPSA) is 17.1 Å². The van der Waals surface area contributed by atoms with Gasteiger partial charge in [-0.25, -0.2) is 0 Å². The molecular weight excluding hydrogens is 220 g/mol. The summed E-state index contributed by atoms with van der Waals surface area (Å²) < 4.78 is 0. The molecule has 1 aromatic carbocycles. The Hall–Kier alpha value is -1.11. The molecule has 0 radical (unpaired) electrons. The Morgan fingerprint density at radius 1 is 0.944 bits per heavy atom. The van der Waals surface area contributed by atoms with E-state index in [-0.39, 0.29) is 0 Å². The van der Waals surface area contributed by atoms with Crippen LogP contribution in [0.3, 0.4) is 0 Å². The van der Waals surface area contributed by atoms with Crippen molar-refractivity contribution in [1.29, 1.82) is 0 Å². The lowest BCUT2D eigenvalue weighted by atomic mass is 9.84. The van der Waals surface area contributed by atoms with E-state index in [1.54, 1.807) is 0 Å². The van der Waals surface area contributed by atoms with E-state index in [4.69, 9.17) is 0 Å². The third-order valence-electron chi connectivity index (χ3n) is 4.48. The van der Waals surface area contributed by atoms with E-state index in [0.29, 0.717) is 11.7 Å². The molecule has 1 aromatic rings. The fraction of sp³-hybridized carbons (Fsp3) is 0.588. The van der Waals surface area contributed by atoms with E-state index in [9.17, 15) is 4.79 Å². The molecule has 2 aliphatic rings. The fourth-order valence-corrected chi connectivity index (χ4v) is 3.13. The highest BCUT2D eigenvalue weighted by Crippen LogP contribution is 2.40. The second-order valence-electron chi connectivity index (χ2n) is 6.03. The summed E-state index contributed by atoms with van der Waals surface area (Å²) in [6.45, 7) is 0. The number of rotatable bonds is 4. The van der Waals surface area contributed by atoms with Crippen LogP contribution >= 0.6 is 0 Å². The van der Waals surface area contributed by atoms with Crippen LogP contribution in [-0.4, -0.2) is 5.78 Å². The van der Waals surface area contributed by atoms with E-state index in [1.165, 1.54) is 50.5 Å². The molecule has 0 bridgehead atoms. The average molecular weight is 242 g/mol. The number of hydrogen-bond acceptors (Lipinski definition) is 1. The van der Waals surface area contributed by atoms with E-state index in [1.807, 2.05) is 12.1 Å². The number of benzene rings is 1. The molecule has 0 saturated heterocycles. The van der Waals surface area contributed by atoms with Crippen molar-refractivity contribution in [2.24, 2.45) is 5.92 Å². The highest BCUT2D eigenvalue weighted by Gasteiger charge is 2.23. The number of Topliss-reactive ketones (excluding diaryl/α,β-unsaturated/α-hetero) is 1. The first-order chi connectivity index (χ1) is 8.83. The Labute approximate surface area is 110 Å². The van der Waals surface area contributed by atoms with Gasteiger partial charge in [0.05, 0.1) is 0 Å². The van der Waals surface area contributed by atoms with Gasteiger partial charge in [0, 0.05) is 12.0 Å². The molecule has 0 spiro atoms. The van der Waals surface area contributed by atoms with Gasteiger partial charge in [-0.15, -0.1) is 0 Å². The monoisotopic (exact) mass is 242 g/mol. The standard InChI is InChI=1S/C17H22O/c18-17(12-13-4-2-1-3-5-13)16-10-8-15(9-11-16)14-6-7-14/h8-11,13-14H,1-7,12H2. The van der Waals surface area contributed by atoms with E-state index >= 15 is 0 Å². The van der Waals surface area contributed by atoms with Crippen LogP contribution < -0.4 is 0 Å². The number of hydrogen-bond donors (Lipinski definition) is 0. The maximum atomic E-state index is 12.2. The molecule has 2 saturated carbocycles. The summed E-state index contributed by atoms with van der Waals surface area (Å²) in [6, 6.07) is 8.40. The minimum Gasteiger partial charge on any atom is -0.294 e. The predicted octanol–water partition coefficient (Wildman–Crippen LogP) is 4.72. The zero-order valence-corrected chi connectivity index (χ0v) is 11.0. The Balaban J connectivity index is 1.60. The first-order valence-electron chi connectivity index (χ1n) is 7.46. The first kappa shape index (κ1) is 12.0. The van der Waals surface area contributed by atoms with E-state index in [2.05, 4.69) is 12.1 Å². The molecule has 0 unspecified atom stereocenters. The third-order valence-corrected chi connectivity index (χ3v) is 4.48. The van der Waals surface area contributed by atoms with Crippen molar-refractivity contribution in [2.45, 2.75) is 57.3 Å². The highest BCUT2D eigenvalue weighted by molar-refractivity contribution is 5.96. The van der Waals surface area contributed by atoms with Gasteiger partial charge in [-0.05, 0) is 30.2 Å². The molecule has 2 aliphatic carbocycles. The van der Waals surface area contributed by atoms with Crippen LogP contribution in [0.15, 0.2) is 24.3 Å². The summed E-state index contributed by atoms with van der Waals surface area (Å²) in [5.74, 6) is 1.78. The van der Waals surface area contributed by atoms with Crippen molar-refractivity contribution in [3.8, 4) is 0 Å². The largest absolute Gasteiger partial charge is 0.294 e. The third kappa shape index (κ3) is 2.82. The van der Waals surface area contributed by atoms with Gasteiger partial charge in [0.1, 0.15) is 0 Å². The second-order valence-corrected chi connectivity index (χ2v) is 6.03. The summed E-state index contributed by atoms with van der Waals surface area (Å²) in [6.07, 6.45) is 9.93. The molecule has 1 nitrogen and oxygen atoms in total. The molecule has 3 rings (SSSR count).